The number of aromatic nitrogens is 2. The Bertz CT molecular complexity index is 959. The molecular weight excluding hydrogens is 365 g/mol. The monoisotopic (exact) mass is 381 g/mol. The maximum absolute atomic E-state index is 14.0. The molecule has 3 rings (SSSR count). The van der Waals surface area contributed by atoms with Crippen LogP contribution in [-0.2, 0) is 12.7 Å². The van der Waals surface area contributed by atoms with Crippen LogP contribution in [0.4, 0.5) is 27.6 Å². The number of hydrogen-bond acceptors (Lipinski definition) is 2. The van der Waals surface area contributed by atoms with Crippen molar-refractivity contribution in [3.8, 4) is 5.69 Å². The van der Waals surface area contributed by atoms with Crippen LogP contribution < -0.4 is 5.32 Å². The summed E-state index contributed by atoms with van der Waals surface area (Å²) in [5.41, 5.74) is 0.383. The first-order valence-corrected chi connectivity index (χ1v) is 8.08. The maximum Gasteiger partial charge on any atom is 0.434 e. The minimum Gasteiger partial charge on any atom is -0.381 e. The van der Waals surface area contributed by atoms with Crippen molar-refractivity contribution in [3.63, 3.8) is 0 Å². The molecular formula is C19H16F5N3. The van der Waals surface area contributed by atoms with Crippen molar-refractivity contribution in [2.75, 3.05) is 5.32 Å². The third-order valence-corrected chi connectivity index (χ3v) is 4.17. The van der Waals surface area contributed by atoms with E-state index in [1.54, 1.807) is 31.2 Å². The summed E-state index contributed by atoms with van der Waals surface area (Å²) < 4.78 is 67.4. The number of nitrogens with one attached hydrogen (secondary N) is 1. The van der Waals surface area contributed by atoms with Gasteiger partial charge in [0.25, 0.3) is 0 Å². The van der Waals surface area contributed by atoms with Crippen LogP contribution in [0.1, 0.15) is 22.6 Å². The molecule has 0 spiro atoms. The molecule has 3 aromatic rings. The maximum atomic E-state index is 14.0. The van der Waals surface area contributed by atoms with Crippen molar-refractivity contribution in [1.29, 1.82) is 0 Å². The Hall–Kier alpha value is -2.90. The molecule has 8 heteroatoms. The highest BCUT2D eigenvalue weighted by Gasteiger charge is 2.34. The van der Waals surface area contributed by atoms with Crippen LogP contribution >= 0.6 is 0 Å². The van der Waals surface area contributed by atoms with E-state index in [4.69, 9.17) is 0 Å². The van der Waals surface area contributed by atoms with Crippen molar-refractivity contribution in [2.24, 2.45) is 0 Å². The first kappa shape index (κ1) is 18.9. The van der Waals surface area contributed by atoms with Crippen LogP contribution in [0.3, 0.4) is 0 Å². The fourth-order valence-electron chi connectivity index (χ4n) is 2.68. The fraction of sp³-hybridized carbons (Fsp3) is 0.211. The Kier molecular flexibility index (Phi) is 4.91. The number of anilines is 1. The first-order valence-electron chi connectivity index (χ1n) is 8.08. The van der Waals surface area contributed by atoms with E-state index >= 15 is 0 Å². The van der Waals surface area contributed by atoms with Gasteiger partial charge in [0, 0.05) is 29.7 Å². The predicted molar refractivity (Wildman–Crippen MR) is 91.7 cm³/mol. The summed E-state index contributed by atoms with van der Waals surface area (Å²) in [6.45, 7) is 2.97. The van der Waals surface area contributed by atoms with Gasteiger partial charge in [0.1, 0.15) is 17.5 Å². The van der Waals surface area contributed by atoms with Gasteiger partial charge in [0.05, 0.1) is 0 Å². The Morgan fingerprint density at radius 2 is 1.67 bits per heavy atom. The molecule has 0 aliphatic carbocycles. The number of rotatable bonds is 4. The van der Waals surface area contributed by atoms with Crippen LogP contribution in [0.5, 0.6) is 0 Å². The Morgan fingerprint density at radius 3 is 2.26 bits per heavy atom. The summed E-state index contributed by atoms with van der Waals surface area (Å²) >= 11 is 0. The summed E-state index contributed by atoms with van der Waals surface area (Å²) in [5.74, 6) is -1.05. The molecule has 1 N–H and O–H groups in total. The van der Waals surface area contributed by atoms with Crippen molar-refractivity contribution in [3.05, 3.63) is 76.9 Å². The van der Waals surface area contributed by atoms with Gasteiger partial charge < -0.3 is 9.88 Å². The van der Waals surface area contributed by atoms with Gasteiger partial charge in [-0.15, -0.1) is 0 Å². The minimum absolute atomic E-state index is 0.0545. The molecule has 1 aromatic heterocycles. The van der Waals surface area contributed by atoms with E-state index in [-0.39, 0.29) is 17.9 Å². The quantitative estimate of drug-likeness (QED) is 0.614. The van der Waals surface area contributed by atoms with Crippen molar-refractivity contribution >= 4 is 5.69 Å². The molecule has 0 amide bonds. The number of nitrogens with zero attached hydrogens (tertiary/aromatic N) is 2. The lowest BCUT2D eigenvalue weighted by molar-refractivity contribution is -0.141. The topological polar surface area (TPSA) is 29.9 Å². The zero-order chi connectivity index (χ0) is 19.8. The number of imidazole rings is 1. The van der Waals surface area contributed by atoms with Crippen LogP contribution in [0.2, 0.25) is 0 Å². The SMILES string of the molecule is Cc1ccc(F)c(CNc2ccc(-n3cc(C(F)(F)F)nc3C)cc2)c1F. The highest BCUT2D eigenvalue weighted by Crippen LogP contribution is 2.29. The molecule has 0 bridgehead atoms. The lowest BCUT2D eigenvalue weighted by atomic mass is 10.1. The lowest BCUT2D eigenvalue weighted by Crippen LogP contribution is -2.06. The molecule has 27 heavy (non-hydrogen) atoms. The summed E-state index contributed by atoms with van der Waals surface area (Å²) in [7, 11) is 0. The van der Waals surface area contributed by atoms with Crippen LogP contribution in [0.15, 0.2) is 42.6 Å². The van der Waals surface area contributed by atoms with Gasteiger partial charge in [-0.25, -0.2) is 13.8 Å². The summed E-state index contributed by atoms with van der Waals surface area (Å²) in [6, 6.07) is 9.01. The average molecular weight is 381 g/mol. The molecule has 0 aliphatic heterocycles. The first-order chi connectivity index (χ1) is 12.7. The molecule has 0 fully saturated rings. The Morgan fingerprint density at radius 1 is 1.00 bits per heavy atom. The Labute approximate surface area is 152 Å². The molecule has 142 valence electrons. The van der Waals surface area contributed by atoms with E-state index in [1.807, 2.05) is 0 Å². The average Bonchev–Trinajstić information content (AvgIpc) is 3.01. The van der Waals surface area contributed by atoms with Crippen LogP contribution in [0, 0.1) is 25.5 Å². The summed E-state index contributed by atoms with van der Waals surface area (Å²) in [5, 5.41) is 2.91. The number of alkyl halides is 3. The second-order valence-corrected chi connectivity index (χ2v) is 6.10. The second-order valence-electron chi connectivity index (χ2n) is 6.10. The van der Waals surface area contributed by atoms with Crippen LogP contribution in [-0.4, -0.2) is 9.55 Å². The fourth-order valence-corrected chi connectivity index (χ4v) is 2.68. The van der Waals surface area contributed by atoms with E-state index < -0.39 is 23.5 Å². The zero-order valence-electron chi connectivity index (χ0n) is 14.5. The molecule has 0 unspecified atom stereocenters. The minimum atomic E-state index is -4.51. The van der Waals surface area contributed by atoms with Crippen LogP contribution in [0.25, 0.3) is 5.69 Å². The third-order valence-electron chi connectivity index (χ3n) is 4.17. The van der Waals surface area contributed by atoms with Gasteiger partial charge in [-0.2, -0.15) is 13.2 Å². The molecule has 0 saturated heterocycles. The van der Waals surface area contributed by atoms with Gasteiger partial charge >= 0.3 is 6.18 Å². The lowest BCUT2D eigenvalue weighted by Gasteiger charge is -2.11. The van der Waals surface area contributed by atoms with E-state index in [0.717, 1.165) is 6.20 Å². The standard InChI is InChI=1S/C19H16F5N3/c1-11-3-8-16(20)15(18(11)21)9-25-13-4-6-14(7-5-13)27-10-17(19(22,23)24)26-12(27)2/h3-8,10,25H,9H2,1-2H3. The zero-order valence-corrected chi connectivity index (χ0v) is 14.5. The highest BCUT2D eigenvalue weighted by molar-refractivity contribution is 5.50. The van der Waals surface area contributed by atoms with E-state index in [1.165, 1.54) is 23.6 Å². The van der Waals surface area contributed by atoms with E-state index in [2.05, 4.69) is 10.3 Å². The molecule has 3 nitrogen and oxygen atoms in total. The van der Waals surface area contributed by atoms with Gasteiger partial charge in [0.2, 0.25) is 0 Å². The van der Waals surface area contributed by atoms with Crippen molar-refractivity contribution in [2.45, 2.75) is 26.6 Å². The van der Waals surface area contributed by atoms with E-state index in [9.17, 15) is 22.0 Å². The molecule has 2 aromatic carbocycles. The smallest absolute Gasteiger partial charge is 0.381 e. The second kappa shape index (κ2) is 7.02. The molecule has 0 radical (unpaired) electrons. The third kappa shape index (κ3) is 3.94. The Balaban J connectivity index is 1.77. The van der Waals surface area contributed by atoms with Crippen molar-refractivity contribution < 1.29 is 22.0 Å². The summed E-state index contributed by atoms with van der Waals surface area (Å²) in [6.07, 6.45) is -3.59. The number of benzene rings is 2. The van der Waals surface area contributed by atoms with Gasteiger partial charge in [-0.3, -0.25) is 0 Å². The van der Waals surface area contributed by atoms with Crippen molar-refractivity contribution in [1.82, 2.24) is 9.55 Å². The predicted octanol–water partition coefficient (Wildman–Crippen LogP) is 5.40. The normalized spacial score (nSPS) is 11.7. The molecule has 1 heterocycles. The molecule has 0 aliphatic rings. The summed E-state index contributed by atoms with van der Waals surface area (Å²) in [4.78, 5) is 3.52. The molecule has 0 atom stereocenters. The van der Waals surface area contributed by atoms with Gasteiger partial charge in [-0.1, -0.05) is 6.07 Å². The highest BCUT2D eigenvalue weighted by atomic mass is 19.4. The number of hydrogen-bond donors (Lipinski definition) is 1. The van der Waals surface area contributed by atoms with E-state index in [0.29, 0.717) is 16.9 Å². The largest absolute Gasteiger partial charge is 0.434 e. The van der Waals surface area contributed by atoms with Gasteiger partial charge in [-0.05, 0) is 49.7 Å². The molecule has 0 saturated carbocycles. The number of halogens is 5. The number of aryl methyl sites for hydroxylation is 2. The van der Waals surface area contributed by atoms with Gasteiger partial charge in [0.15, 0.2) is 5.69 Å².